The van der Waals surface area contributed by atoms with Crippen molar-refractivity contribution in [3.8, 4) is 5.75 Å². The normalized spacial score (nSPS) is 17.9. The number of aryl methyl sites for hydroxylation is 1. The average Bonchev–Trinajstić information content (AvgIpc) is 3.16. The number of halogens is 1. The van der Waals surface area contributed by atoms with E-state index >= 15 is 0 Å². The number of thioether (sulfide) groups is 1. The molecular weight excluding hydrogens is 473 g/mol. The van der Waals surface area contributed by atoms with Crippen LogP contribution in [0, 0.1) is 12.8 Å². The second kappa shape index (κ2) is 13.5. The molecule has 0 aromatic heterocycles. The molecule has 0 radical (unpaired) electrons. The Kier molecular flexibility index (Phi) is 12.2. The summed E-state index contributed by atoms with van der Waals surface area (Å²) in [4.78, 5) is 4.74. The van der Waals surface area contributed by atoms with E-state index in [1.54, 1.807) is 0 Å². The zero-order valence-electron chi connectivity index (χ0n) is 16.9. The number of rotatable bonds is 9. The number of aliphatic imine (C=N–C) groups is 1. The lowest BCUT2D eigenvalue weighted by molar-refractivity contribution is 0.166. The lowest BCUT2D eigenvalue weighted by Gasteiger charge is -2.16. The van der Waals surface area contributed by atoms with Crippen LogP contribution in [0.2, 0.25) is 0 Å². The molecule has 27 heavy (non-hydrogen) atoms. The minimum Gasteiger partial charge on any atom is -0.493 e. The number of nitrogens with one attached hydrogen (secondary N) is 2. The van der Waals surface area contributed by atoms with E-state index in [0.717, 1.165) is 50.0 Å². The molecule has 2 atom stereocenters. The first-order valence-electron chi connectivity index (χ1n) is 9.47. The van der Waals surface area contributed by atoms with E-state index in [0.29, 0.717) is 24.3 Å². The number of nitrogens with zero attached hydrogens (tertiary/aromatic N) is 1. The summed E-state index contributed by atoms with van der Waals surface area (Å²) in [5, 5.41) is 7.27. The molecular formula is C20H34IN3O2S. The summed E-state index contributed by atoms with van der Waals surface area (Å²) in [5.41, 5.74) is 2.32. The number of guanidine groups is 1. The van der Waals surface area contributed by atoms with Crippen LogP contribution in [0.4, 0.5) is 0 Å². The Morgan fingerprint density at radius 2 is 2.22 bits per heavy atom. The molecule has 1 saturated heterocycles. The van der Waals surface area contributed by atoms with Gasteiger partial charge in [0.2, 0.25) is 0 Å². The number of benzene rings is 1. The highest BCUT2D eigenvalue weighted by Gasteiger charge is 2.17. The van der Waals surface area contributed by atoms with Crippen molar-refractivity contribution >= 4 is 41.7 Å². The van der Waals surface area contributed by atoms with E-state index in [1.807, 2.05) is 11.8 Å². The second-order valence-electron chi connectivity index (χ2n) is 6.77. The molecule has 1 fully saturated rings. The van der Waals surface area contributed by atoms with Crippen molar-refractivity contribution in [3.05, 3.63) is 29.3 Å². The second-order valence-corrected chi connectivity index (χ2v) is 8.05. The van der Waals surface area contributed by atoms with Crippen LogP contribution >= 0.6 is 35.7 Å². The van der Waals surface area contributed by atoms with Crippen LogP contribution in [0.15, 0.2) is 23.2 Å². The van der Waals surface area contributed by atoms with E-state index in [1.165, 1.54) is 5.56 Å². The van der Waals surface area contributed by atoms with Gasteiger partial charge in [0.05, 0.1) is 19.8 Å². The molecule has 2 N–H and O–H groups in total. The Labute approximate surface area is 185 Å². The third-order valence-corrected chi connectivity index (χ3v) is 5.40. The predicted octanol–water partition coefficient (Wildman–Crippen LogP) is 3.83. The topological polar surface area (TPSA) is 54.9 Å². The first-order chi connectivity index (χ1) is 12.6. The quantitative estimate of drug-likeness (QED) is 0.302. The molecule has 1 aliphatic heterocycles. The van der Waals surface area contributed by atoms with E-state index < -0.39 is 0 Å². The molecule has 1 aromatic carbocycles. The molecule has 0 aliphatic carbocycles. The molecule has 2 rings (SSSR count). The Morgan fingerprint density at radius 3 is 2.89 bits per heavy atom. The van der Waals surface area contributed by atoms with Crippen LogP contribution in [0.3, 0.4) is 0 Å². The lowest BCUT2D eigenvalue weighted by Crippen LogP contribution is -2.40. The Morgan fingerprint density at radius 1 is 1.41 bits per heavy atom. The van der Waals surface area contributed by atoms with Crippen molar-refractivity contribution in [1.29, 1.82) is 0 Å². The van der Waals surface area contributed by atoms with Gasteiger partial charge in [0.25, 0.3) is 0 Å². The summed E-state index contributed by atoms with van der Waals surface area (Å²) in [5.74, 6) is 2.29. The summed E-state index contributed by atoms with van der Waals surface area (Å²) in [6.07, 6.45) is 3.21. The molecule has 1 heterocycles. The van der Waals surface area contributed by atoms with Gasteiger partial charge in [-0.15, -0.1) is 24.0 Å². The van der Waals surface area contributed by atoms with Gasteiger partial charge in [-0.3, -0.25) is 0 Å². The third-order valence-electron chi connectivity index (χ3n) is 4.43. The van der Waals surface area contributed by atoms with Gasteiger partial charge in [0.1, 0.15) is 5.75 Å². The maximum Gasteiger partial charge on any atom is 0.191 e. The summed E-state index contributed by atoms with van der Waals surface area (Å²) >= 11 is 1.85. The van der Waals surface area contributed by atoms with Gasteiger partial charge in [-0.05, 0) is 38.2 Å². The van der Waals surface area contributed by atoms with Gasteiger partial charge in [-0.2, -0.15) is 11.8 Å². The van der Waals surface area contributed by atoms with Crippen molar-refractivity contribution in [2.75, 3.05) is 39.2 Å². The Bertz CT molecular complexity index is 580. The fraction of sp³-hybridized carbons (Fsp3) is 0.650. The summed E-state index contributed by atoms with van der Waals surface area (Å²) in [6, 6.07) is 6.34. The van der Waals surface area contributed by atoms with Crippen LogP contribution in [0.1, 0.15) is 31.4 Å². The van der Waals surface area contributed by atoms with Gasteiger partial charge in [-0.1, -0.05) is 19.1 Å². The smallest absolute Gasteiger partial charge is 0.191 e. The number of ether oxygens (including phenoxy) is 2. The monoisotopic (exact) mass is 507 g/mol. The van der Waals surface area contributed by atoms with E-state index in [2.05, 4.69) is 55.9 Å². The molecule has 0 spiro atoms. The zero-order chi connectivity index (χ0) is 18.8. The SMILES string of the molecule is CCNC(=NCc1ccc(C)cc1OCC1CCOC1)NCC(C)SC.I. The highest BCUT2D eigenvalue weighted by Crippen LogP contribution is 2.23. The molecule has 1 aromatic rings. The molecule has 7 heteroatoms. The molecule has 0 saturated carbocycles. The van der Waals surface area contributed by atoms with Crippen LogP contribution in [0.25, 0.3) is 0 Å². The minimum atomic E-state index is 0. The van der Waals surface area contributed by atoms with Gasteiger partial charge < -0.3 is 20.1 Å². The fourth-order valence-corrected chi connectivity index (χ4v) is 2.93. The van der Waals surface area contributed by atoms with E-state index in [-0.39, 0.29) is 24.0 Å². The van der Waals surface area contributed by atoms with Crippen molar-refractivity contribution in [3.63, 3.8) is 0 Å². The van der Waals surface area contributed by atoms with Crippen LogP contribution < -0.4 is 15.4 Å². The largest absolute Gasteiger partial charge is 0.493 e. The molecule has 0 bridgehead atoms. The number of hydrogen-bond donors (Lipinski definition) is 2. The standard InChI is InChI=1S/C20H33N3O2S.HI/c1-5-21-20(22-11-16(3)26-4)23-12-18-7-6-15(2)10-19(18)25-14-17-8-9-24-13-17;/h6-7,10,16-17H,5,8-9,11-14H2,1-4H3,(H2,21,22,23);1H. The van der Waals surface area contributed by atoms with Gasteiger partial charge in [-0.25, -0.2) is 4.99 Å². The first-order valence-corrected chi connectivity index (χ1v) is 10.8. The van der Waals surface area contributed by atoms with E-state index in [9.17, 15) is 0 Å². The molecule has 5 nitrogen and oxygen atoms in total. The Balaban J connectivity index is 0.00000364. The predicted molar refractivity (Wildman–Crippen MR) is 127 cm³/mol. The highest BCUT2D eigenvalue weighted by molar-refractivity contribution is 14.0. The van der Waals surface area contributed by atoms with Crippen molar-refractivity contribution in [2.24, 2.45) is 10.9 Å². The summed E-state index contributed by atoms with van der Waals surface area (Å²) in [6.45, 7) is 11.1. The van der Waals surface area contributed by atoms with Crippen LogP contribution in [0.5, 0.6) is 5.75 Å². The fourth-order valence-electron chi connectivity index (χ4n) is 2.68. The highest BCUT2D eigenvalue weighted by atomic mass is 127. The van der Waals surface area contributed by atoms with Crippen molar-refractivity contribution in [1.82, 2.24) is 10.6 Å². The molecule has 2 unspecified atom stereocenters. The maximum absolute atomic E-state index is 6.12. The van der Waals surface area contributed by atoms with Crippen LogP contribution in [-0.2, 0) is 11.3 Å². The maximum atomic E-state index is 6.12. The summed E-state index contributed by atoms with van der Waals surface area (Å²) in [7, 11) is 0. The number of hydrogen-bond acceptors (Lipinski definition) is 4. The zero-order valence-corrected chi connectivity index (χ0v) is 20.1. The average molecular weight is 507 g/mol. The van der Waals surface area contributed by atoms with Gasteiger partial charge in [0, 0.05) is 36.4 Å². The van der Waals surface area contributed by atoms with Gasteiger partial charge >= 0.3 is 0 Å². The minimum absolute atomic E-state index is 0. The third kappa shape index (κ3) is 8.91. The summed E-state index contributed by atoms with van der Waals surface area (Å²) < 4.78 is 11.6. The van der Waals surface area contributed by atoms with Crippen molar-refractivity contribution < 1.29 is 9.47 Å². The lowest BCUT2D eigenvalue weighted by atomic mass is 10.1. The van der Waals surface area contributed by atoms with Gasteiger partial charge in [0.15, 0.2) is 5.96 Å². The van der Waals surface area contributed by atoms with Crippen LogP contribution in [-0.4, -0.2) is 50.4 Å². The van der Waals surface area contributed by atoms with Crippen molar-refractivity contribution in [2.45, 2.75) is 39.0 Å². The molecule has 0 amide bonds. The first kappa shape index (κ1) is 24.4. The molecule has 1 aliphatic rings. The van der Waals surface area contributed by atoms with E-state index in [4.69, 9.17) is 14.5 Å². The Hall–Kier alpha value is -0.670. The molecule has 154 valence electrons.